The third-order valence-corrected chi connectivity index (χ3v) is 2.05. The summed E-state index contributed by atoms with van der Waals surface area (Å²) in [6.07, 6.45) is 3.84. The predicted molar refractivity (Wildman–Crippen MR) is 49.3 cm³/mol. The summed E-state index contributed by atoms with van der Waals surface area (Å²) < 4.78 is 5.51. The molecule has 1 aromatic heterocycles. The maximum Gasteiger partial charge on any atom is 0.363 e. The summed E-state index contributed by atoms with van der Waals surface area (Å²) in [4.78, 5) is 13.6. The Labute approximate surface area is 80.9 Å². The van der Waals surface area contributed by atoms with Gasteiger partial charge in [0.1, 0.15) is 0 Å². The number of ether oxygens (including phenoxy) is 1. The Morgan fingerprint density at radius 3 is 2.86 bits per heavy atom. The molecule has 0 amide bonds. The van der Waals surface area contributed by atoms with Gasteiger partial charge in [0.25, 0.3) is 0 Å². The van der Waals surface area contributed by atoms with Gasteiger partial charge in [-0.2, -0.15) is 0 Å². The maximum atomic E-state index is 10.4. The minimum absolute atomic E-state index is 0.134. The van der Waals surface area contributed by atoms with Crippen molar-refractivity contribution in [3.63, 3.8) is 0 Å². The monoisotopic (exact) mass is 194 g/mol. The molecule has 1 fully saturated rings. The van der Waals surface area contributed by atoms with Crippen LogP contribution in [0.15, 0.2) is 12.3 Å². The van der Waals surface area contributed by atoms with Crippen molar-refractivity contribution in [3.05, 3.63) is 27.9 Å². The van der Waals surface area contributed by atoms with Crippen molar-refractivity contribution in [2.75, 3.05) is 0 Å². The second-order valence-electron chi connectivity index (χ2n) is 3.38. The smallest absolute Gasteiger partial charge is 0.363 e. The van der Waals surface area contributed by atoms with E-state index in [0.717, 1.165) is 18.4 Å². The van der Waals surface area contributed by atoms with E-state index in [0.29, 0.717) is 5.75 Å². The topological polar surface area (TPSA) is 65.3 Å². The van der Waals surface area contributed by atoms with Crippen LogP contribution in [0.5, 0.6) is 5.75 Å². The van der Waals surface area contributed by atoms with Crippen LogP contribution in [-0.4, -0.2) is 16.0 Å². The first-order valence-corrected chi connectivity index (χ1v) is 4.44. The zero-order chi connectivity index (χ0) is 10.1. The Morgan fingerprint density at radius 1 is 1.64 bits per heavy atom. The van der Waals surface area contributed by atoms with Gasteiger partial charge in [-0.05, 0) is 29.7 Å². The molecule has 0 spiro atoms. The van der Waals surface area contributed by atoms with Crippen LogP contribution >= 0.6 is 0 Å². The molecular weight excluding hydrogens is 184 g/mol. The normalized spacial score (nSPS) is 15.2. The molecule has 1 aliphatic carbocycles. The fourth-order valence-electron chi connectivity index (χ4n) is 1.12. The van der Waals surface area contributed by atoms with Crippen LogP contribution < -0.4 is 4.74 Å². The van der Waals surface area contributed by atoms with Crippen LogP contribution in [0.3, 0.4) is 0 Å². The number of nitro groups is 1. The Bertz CT molecular complexity index is 374. The van der Waals surface area contributed by atoms with E-state index in [4.69, 9.17) is 4.74 Å². The van der Waals surface area contributed by atoms with Crippen molar-refractivity contribution in [2.24, 2.45) is 0 Å². The number of hydrogen-bond donors (Lipinski definition) is 0. The summed E-state index contributed by atoms with van der Waals surface area (Å²) in [7, 11) is 0. The molecule has 1 aliphatic rings. The predicted octanol–water partition coefficient (Wildman–Crippen LogP) is 1.84. The molecule has 0 unspecified atom stereocenters. The standard InChI is InChI=1S/C9H10N2O3/c1-6-4-9(11(12)13)10-5-8(6)14-7-2-3-7/h4-5,7H,2-3H2,1H3. The first-order chi connectivity index (χ1) is 6.66. The van der Waals surface area contributed by atoms with Gasteiger partial charge in [0.15, 0.2) is 11.9 Å². The molecule has 1 aromatic rings. The van der Waals surface area contributed by atoms with E-state index in [1.165, 1.54) is 12.3 Å². The minimum atomic E-state index is -0.506. The molecule has 2 rings (SSSR count). The van der Waals surface area contributed by atoms with E-state index in [1.54, 1.807) is 6.92 Å². The number of rotatable bonds is 3. The summed E-state index contributed by atoms with van der Waals surface area (Å²) in [6.45, 7) is 1.78. The largest absolute Gasteiger partial charge is 0.486 e. The van der Waals surface area contributed by atoms with Gasteiger partial charge in [-0.1, -0.05) is 0 Å². The Hall–Kier alpha value is -1.65. The molecular formula is C9H10N2O3. The third-order valence-electron chi connectivity index (χ3n) is 2.05. The highest BCUT2D eigenvalue weighted by atomic mass is 16.6. The minimum Gasteiger partial charge on any atom is -0.486 e. The first-order valence-electron chi connectivity index (χ1n) is 4.44. The van der Waals surface area contributed by atoms with Gasteiger partial charge in [0, 0.05) is 11.6 Å². The fourth-order valence-corrected chi connectivity index (χ4v) is 1.12. The Morgan fingerprint density at radius 2 is 2.36 bits per heavy atom. The van der Waals surface area contributed by atoms with E-state index >= 15 is 0 Å². The molecule has 1 saturated carbocycles. The number of hydrogen-bond acceptors (Lipinski definition) is 4. The van der Waals surface area contributed by atoms with Crippen LogP contribution in [0.2, 0.25) is 0 Å². The molecule has 0 bridgehead atoms. The van der Waals surface area contributed by atoms with Gasteiger partial charge in [-0.15, -0.1) is 0 Å². The Kier molecular flexibility index (Phi) is 2.07. The van der Waals surface area contributed by atoms with E-state index in [-0.39, 0.29) is 11.9 Å². The van der Waals surface area contributed by atoms with Crippen molar-refractivity contribution >= 4 is 5.82 Å². The van der Waals surface area contributed by atoms with Gasteiger partial charge in [-0.3, -0.25) is 0 Å². The molecule has 0 radical (unpaired) electrons. The second kappa shape index (κ2) is 3.25. The highest BCUT2D eigenvalue weighted by molar-refractivity contribution is 5.36. The van der Waals surface area contributed by atoms with Crippen LogP contribution in [-0.2, 0) is 0 Å². The highest BCUT2D eigenvalue weighted by Crippen LogP contribution is 2.29. The van der Waals surface area contributed by atoms with Crippen LogP contribution in [0.25, 0.3) is 0 Å². The lowest BCUT2D eigenvalue weighted by atomic mass is 10.3. The molecule has 74 valence electrons. The SMILES string of the molecule is Cc1cc([N+](=O)[O-])ncc1OC1CC1. The first kappa shape index (κ1) is 8.93. The van der Waals surface area contributed by atoms with Crippen molar-refractivity contribution in [3.8, 4) is 5.75 Å². The van der Waals surface area contributed by atoms with E-state index in [1.807, 2.05) is 0 Å². The number of nitrogens with zero attached hydrogens (tertiary/aromatic N) is 2. The van der Waals surface area contributed by atoms with Gasteiger partial charge in [-0.25, -0.2) is 0 Å². The average molecular weight is 194 g/mol. The summed E-state index contributed by atoms with van der Waals surface area (Å²) in [5, 5.41) is 10.4. The second-order valence-corrected chi connectivity index (χ2v) is 3.38. The summed E-state index contributed by atoms with van der Waals surface area (Å²) in [5.41, 5.74) is 0.763. The molecule has 0 atom stereocenters. The van der Waals surface area contributed by atoms with Crippen LogP contribution in [0.1, 0.15) is 18.4 Å². The zero-order valence-electron chi connectivity index (χ0n) is 7.77. The third kappa shape index (κ3) is 1.81. The molecule has 5 heteroatoms. The molecule has 0 saturated heterocycles. The molecule has 14 heavy (non-hydrogen) atoms. The molecule has 5 nitrogen and oxygen atoms in total. The lowest BCUT2D eigenvalue weighted by Crippen LogP contribution is -2.00. The zero-order valence-corrected chi connectivity index (χ0v) is 7.77. The molecule has 0 aromatic carbocycles. The quantitative estimate of drug-likeness (QED) is 0.544. The fraction of sp³-hybridized carbons (Fsp3) is 0.444. The lowest BCUT2D eigenvalue weighted by molar-refractivity contribution is -0.389. The summed E-state index contributed by atoms with van der Waals surface area (Å²) >= 11 is 0. The van der Waals surface area contributed by atoms with E-state index in [2.05, 4.69) is 4.98 Å². The summed E-state index contributed by atoms with van der Waals surface area (Å²) in [6, 6.07) is 1.43. The van der Waals surface area contributed by atoms with Crippen molar-refractivity contribution in [1.82, 2.24) is 4.98 Å². The van der Waals surface area contributed by atoms with Crippen LogP contribution in [0, 0.1) is 17.0 Å². The summed E-state index contributed by atoms with van der Waals surface area (Å²) in [5.74, 6) is 0.517. The van der Waals surface area contributed by atoms with Gasteiger partial charge >= 0.3 is 5.82 Å². The van der Waals surface area contributed by atoms with E-state index in [9.17, 15) is 10.1 Å². The number of pyridine rings is 1. The molecule has 1 heterocycles. The van der Waals surface area contributed by atoms with Crippen molar-refractivity contribution < 1.29 is 9.66 Å². The molecule has 0 aliphatic heterocycles. The van der Waals surface area contributed by atoms with Gasteiger partial charge in [0.2, 0.25) is 0 Å². The number of aromatic nitrogens is 1. The van der Waals surface area contributed by atoms with Crippen molar-refractivity contribution in [1.29, 1.82) is 0 Å². The highest BCUT2D eigenvalue weighted by Gasteiger charge is 2.25. The van der Waals surface area contributed by atoms with Gasteiger partial charge < -0.3 is 14.9 Å². The number of aryl methyl sites for hydroxylation is 1. The van der Waals surface area contributed by atoms with Crippen molar-refractivity contribution in [2.45, 2.75) is 25.9 Å². The lowest BCUT2D eigenvalue weighted by Gasteiger charge is -2.04. The van der Waals surface area contributed by atoms with Gasteiger partial charge in [0.05, 0.1) is 6.10 Å². The maximum absolute atomic E-state index is 10.4. The van der Waals surface area contributed by atoms with Crippen LogP contribution in [0.4, 0.5) is 5.82 Å². The average Bonchev–Trinajstić information content (AvgIpc) is 2.92. The molecule has 0 N–H and O–H groups in total. The van der Waals surface area contributed by atoms with E-state index < -0.39 is 4.92 Å². The Balaban J connectivity index is 2.21.